The molecule has 1 aliphatic rings. The summed E-state index contributed by atoms with van der Waals surface area (Å²) in [5.41, 5.74) is 9.91. The van der Waals surface area contributed by atoms with E-state index in [1.165, 1.54) is 5.70 Å². The first-order valence-corrected chi connectivity index (χ1v) is 9.60. The minimum absolute atomic E-state index is 0.302. The molecular weight excluding hydrogens is 336 g/mol. The van der Waals surface area contributed by atoms with Crippen molar-refractivity contribution in [3.63, 3.8) is 0 Å². The molecule has 1 unspecified atom stereocenters. The summed E-state index contributed by atoms with van der Waals surface area (Å²) in [4.78, 5) is 18.0. The molecule has 27 heavy (non-hydrogen) atoms. The molecule has 2 heterocycles. The summed E-state index contributed by atoms with van der Waals surface area (Å²) in [6.45, 7) is 7.39. The number of nitrogens with zero attached hydrogens (tertiary/aromatic N) is 3. The van der Waals surface area contributed by atoms with Crippen molar-refractivity contribution in [3.8, 4) is 0 Å². The van der Waals surface area contributed by atoms with Crippen LogP contribution < -0.4 is 21.3 Å². The number of nitrogens with two attached hydrogens (primary N) is 1. The predicted octanol–water partition coefficient (Wildman–Crippen LogP) is 2.44. The summed E-state index contributed by atoms with van der Waals surface area (Å²) < 4.78 is 0. The van der Waals surface area contributed by atoms with Gasteiger partial charge in [-0.2, -0.15) is 0 Å². The molecule has 0 radical (unpaired) electrons. The maximum atomic E-state index is 5.80. The molecule has 0 bridgehead atoms. The summed E-state index contributed by atoms with van der Waals surface area (Å²) in [5, 5.41) is 2.13. The van der Waals surface area contributed by atoms with E-state index in [0.717, 1.165) is 52.6 Å². The van der Waals surface area contributed by atoms with Crippen LogP contribution in [0.3, 0.4) is 0 Å². The Hall–Kier alpha value is -3.02. The van der Waals surface area contributed by atoms with Gasteiger partial charge in [0.2, 0.25) is 0 Å². The van der Waals surface area contributed by atoms with Crippen LogP contribution in [0, 0.1) is 5.92 Å². The smallest absolute Gasteiger partial charge is 0.198 e. The third kappa shape index (κ3) is 3.35. The van der Waals surface area contributed by atoms with Gasteiger partial charge in [0.05, 0.1) is 21.7 Å². The molecule has 4 N–H and O–H groups in total. The number of imidazole rings is 2. The number of benzene rings is 1. The SMILES string of the molecule is CCCc1nc2c([nH]1)=CC(N(CC)c1ccc3nc(N)[nH]c3c1)=CC(C)C=2. The fourth-order valence-electron chi connectivity index (χ4n) is 3.68. The third-order valence-electron chi connectivity index (χ3n) is 4.87. The van der Waals surface area contributed by atoms with Gasteiger partial charge in [-0.25, -0.2) is 9.97 Å². The molecule has 0 saturated heterocycles. The largest absolute Gasteiger partial charge is 0.369 e. The molecule has 0 saturated carbocycles. The van der Waals surface area contributed by atoms with Crippen molar-refractivity contribution in [3.05, 3.63) is 46.5 Å². The molecule has 2 aromatic heterocycles. The highest BCUT2D eigenvalue weighted by molar-refractivity contribution is 5.82. The Labute approximate surface area is 158 Å². The number of nitrogen functional groups attached to an aromatic ring is 1. The van der Waals surface area contributed by atoms with Crippen LogP contribution >= 0.6 is 0 Å². The summed E-state index contributed by atoms with van der Waals surface area (Å²) in [6, 6.07) is 6.21. The van der Waals surface area contributed by atoms with Gasteiger partial charge in [-0.05, 0) is 49.6 Å². The van der Waals surface area contributed by atoms with E-state index in [2.05, 4.69) is 71.0 Å². The maximum absolute atomic E-state index is 5.80. The van der Waals surface area contributed by atoms with Gasteiger partial charge in [0, 0.05) is 24.4 Å². The fraction of sp³-hybridized carbons (Fsp3) is 0.333. The first kappa shape index (κ1) is 17.4. The number of rotatable bonds is 5. The van der Waals surface area contributed by atoms with Gasteiger partial charge >= 0.3 is 0 Å². The van der Waals surface area contributed by atoms with Crippen molar-refractivity contribution < 1.29 is 0 Å². The Morgan fingerprint density at radius 2 is 2.00 bits per heavy atom. The summed E-state index contributed by atoms with van der Waals surface area (Å²) in [5.74, 6) is 1.80. The van der Waals surface area contributed by atoms with Gasteiger partial charge in [0.1, 0.15) is 5.82 Å². The van der Waals surface area contributed by atoms with Crippen molar-refractivity contribution in [1.29, 1.82) is 0 Å². The van der Waals surface area contributed by atoms with E-state index in [1.54, 1.807) is 0 Å². The van der Waals surface area contributed by atoms with Crippen molar-refractivity contribution in [1.82, 2.24) is 19.9 Å². The molecule has 1 aromatic carbocycles. The van der Waals surface area contributed by atoms with Gasteiger partial charge in [-0.3, -0.25) is 0 Å². The molecule has 6 nitrogen and oxygen atoms in total. The fourth-order valence-corrected chi connectivity index (χ4v) is 3.68. The topological polar surface area (TPSA) is 86.6 Å². The van der Waals surface area contributed by atoms with Crippen LogP contribution in [0.15, 0.2) is 30.0 Å². The molecule has 0 aliphatic heterocycles. The lowest BCUT2D eigenvalue weighted by Crippen LogP contribution is -2.27. The van der Waals surface area contributed by atoms with E-state index >= 15 is 0 Å². The van der Waals surface area contributed by atoms with Gasteiger partial charge in [-0.15, -0.1) is 0 Å². The number of hydrogen-bond acceptors (Lipinski definition) is 4. The number of allylic oxidation sites excluding steroid dienone is 2. The Morgan fingerprint density at radius 1 is 1.15 bits per heavy atom. The molecule has 6 heteroatoms. The number of hydrogen-bond donors (Lipinski definition) is 3. The molecular formula is C21H26N6. The molecule has 4 rings (SSSR count). The number of fused-ring (bicyclic) bond motifs is 2. The standard InChI is InChI=1S/C21H26N6/c1-4-6-20-23-17-10-13(3)9-15(12-19(17)24-20)27(5-2)14-7-8-16-18(11-14)26-21(22)25-16/h7-13H,4-6H2,1-3H3,(H,23,24)(H3,22,25,26). The Bertz CT molecular complexity index is 1120. The second kappa shape index (κ2) is 6.95. The van der Waals surface area contributed by atoms with Gasteiger partial charge in [-0.1, -0.05) is 19.9 Å². The normalized spacial score (nSPS) is 16.3. The van der Waals surface area contributed by atoms with Crippen LogP contribution in [0.5, 0.6) is 0 Å². The van der Waals surface area contributed by atoms with E-state index in [9.17, 15) is 0 Å². The quantitative estimate of drug-likeness (QED) is 0.651. The summed E-state index contributed by atoms with van der Waals surface area (Å²) in [6.07, 6.45) is 8.76. The highest BCUT2D eigenvalue weighted by atomic mass is 15.1. The number of aryl methyl sites for hydroxylation is 1. The second-order valence-corrected chi connectivity index (χ2v) is 7.06. The van der Waals surface area contributed by atoms with Gasteiger partial charge in [0.15, 0.2) is 5.95 Å². The number of nitrogens with one attached hydrogen (secondary N) is 2. The predicted molar refractivity (Wildman–Crippen MR) is 112 cm³/mol. The Morgan fingerprint density at radius 3 is 2.78 bits per heavy atom. The van der Waals surface area contributed by atoms with Crippen molar-refractivity contribution in [2.75, 3.05) is 17.2 Å². The zero-order valence-corrected chi connectivity index (χ0v) is 16.1. The molecule has 0 spiro atoms. The molecule has 1 aliphatic carbocycles. The molecule has 3 aromatic rings. The van der Waals surface area contributed by atoms with Crippen molar-refractivity contribution in [2.24, 2.45) is 5.92 Å². The van der Waals surface area contributed by atoms with Crippen LogP contribution in [-0.2, 0) is 6.42 Å². The van der Waals surface area contributed by atoms with E-state index in [4.69, 9.17) is 10.7 Å². The maximum Gasteiger partial charge on any atom is 0.198 e. The first-order chi connectivity index (χ1) is 13.1. The van der Waals surface area contributed by atoms with Gasteiger partial charge < -0.3 is 20.6 Å². The molecule has 140 valence electrons. The number of H-pyrrole nitrogens is 2. The lowest BCUT2D eigenvalue weighted by Gasteiger charge is -2.25. The zero-order chi connectivity index (χ0) is 19.0. The monoisotopic (exact) mass is 362 g/mol. The van der Waals surface area contributed by atoms with Crippen LogP contribution in [0.1, 0.15) is 33.0 Å². The van der Waals surface area contributed by atoms with Crippen LogP contribution in [0.2, 0.25) is 0 Å². The van der Waals surface area contributed by atoms with Crippen molar-refractivity contribution in [2.45, 2.75) is 33.6 Å². The Kier molecular flexibility index (Phi) is 4.48. The average molecular weight is 362 g/mol. The highest BCUT2D eigenvalue weighted by Gasteiger charge is 2.14. The van der Waals surface area contributed by atoms with E-state index in [0.29, 0.717) is 11.9 Å². The lowest BCUT2D eigenvalue weighted by atomic mass is 10.1. The van der Waals surface area contributed by atoms with E-state index in [1.807, 2.05) is 6.07 Å². The summed E-state index contributed by atoms with van der Waals surface area (Å²) in [7, 11) is 0. The molecule has 1 atom stereocenters. The van der Waals surface area contributed by atoms with E-state index in [-0.39, 0.29) is 0 Å². The average Bonchev–Trinajstić information content (AvgIpc) is 3.13. The number of anilines is 2. The minimum Gasteiger partial charge on any atom is -0.369 e. The van der Waals surface area contributed by atoms with Crippen LogP contribution in [-0.4, -0.2) is 26.5 Å². The van der Waals surface area contributed by atoms with Crippen molar-refractivity contribution >= 4 is 34.8 Å². The first-order valence-electron chi connectivity index (χ1n) is 9.60. The van der Waals surface area contributed by atoms with Gasteiger partial charge in [0.25, 0.3) is 0 Å². The minimum atomic E-state index is 0.302. The highest BCUT2D eigenvalue weighted by Crippen LogP contribution is 2.25. The Balaban J connectivity index is 1.78. The molecule has 0 fully saturated rings. The third-order valence-corrected chi connectivity index (χ3v) is 4.87. The second-order valence-electron chi connectivity index (χ2n) is 7.06. The molecule has 0 amide bonds. The lowest BCUT2D eigenvalue weighted by molar-refractivity contribution is 0.851. The van der Waals surface area contributed by atoms with E-state index < -0.39 is 0 Å². The summed E-state index contributed by atoms with van der Waals surface area (Å²) >= 11 is 0. The van der Waals surface area contributed by atoms with Crippen LogP contribution in [0.4, 0.5) is 11.6 Å². The van der Waals surface area contributed by atoms with Crippen LogP contribution in [0.25, 0.3) is 23.2 Å². The number of aromatic nitrogens is 4. The zero-order valence-electron chi connectivity index (χ0n) is 16.1. The number of aromatic amines is 2.